The molecule has 7 nitrogen and oxygen atoms in total. The molecule has 1 aromatic heterocycles. The fourth-order valence-corrected chi connectivity index (χ4v) is 2.48. The Hall–Kier alpha value is -1.38. The number of sulfonamides is 1. The first-order chi connectivity index (χ1) is 10.0. The minimum absolute atomic E-state index is 0.0920. The van der Waals surface area contributed by atoms with E-state index in [2.05, 4.69) is 15.4 Å². The maximum Gasteiger partial charge on any atom is 0.273 e. The summed E-state index contributed by atoms with van der Waals surface area (Å²) >= 11 is 0. The van der Waals surface area contributed by atoms with Gasteiger partial charge in [-0.25, -0.2) is 13.1 Å². The highest BCUT2D eigenvalue weighted by Gasteiger charge is 2.22. The smallest absolute Gasteiger partial charge is 0.273 e. The van der Waals surface area contributed by atoms with E-state index in [1.165, 1.54) is 13.1 Å². The van der Waals surface area contributed by atoms with Crippen molar-refractivity contribution in [1.82, 2.24) is 15.4 Å². The van der Waals surface area contributed by atoms with Crippen LogP contribution >= 0.6 is 0 Å². The highest BCUT2D eigenvalue weighted by atomic mass is 32.2. The molecule has 1 amide bonds. The number of carbonyl (C=O) groups excluding carboxylic acids is 1. The first-order valence-electron chi connectivity index (χ1n) is 7.03. The molecule has 21 heavy (non-hydrogen) atoms. The van der Waals surface area contributed by atoms with Crippen molar-refractivity contribution in [1.29, 1.82) is 0 Å². The second kappa shape index (κ2) is 7.06. The molecule has 0 radical (unpaired) electrons. The number of hydrogen-bond donors (Lipinski definition) is 3. The van der Waals surface area contributed by atoms with E-state index in [0.717, 1.165) is 19.3 Å². The summed E-state index contributed by atoms with van der Waals surface area (Å²) < 4.78 is 30.4. The predicted octanol–water partition coefficient (Wildman–Crippen LogP) is 0.336. The van der Waals surface area contributed by atoms with Gasteiger partial charge in [0.2, 0.25) is 11.0 Å². The van der Waals surface area contributed by atoms with Crippen molar-refractivity contribution in [3.8, 4) is 0 Å². The molecule has 0 atom stereocenters. The summed E-state index contributed by atoms with van der Waals surface area (Å²) in [5.41, 5.74) is 0. The summed E-state index contributed by atoms with van der Waals surface area (Å²) in [6.07, 6.45) is 3.43. The first-order valence-corrected chi connectivity index (χ1v) is 8.52. The molecule has 0 aliphatic heterocycles. The van der Waals surface area contributed by atoms with Gasteiger partial charge in [-0.15, -0.1) is 0 Å². The lowest BCUT2D eigenvalue weighted by molar-refractivity contribution is -0.121. The third-order valence-electron chi connectivity index (χ3n) is 3.17. The Labute approximate surface area is 124 Å². The van der Waals surface area contributed by atoms with Crippen molar-refractivity contribution in [2.45, 2.75) is 43.4 Å². The van der Waals surface area contributed by atoms with Crippen LogP contribution in [0.3, 0.4) is 0 Å². The topological polar surface area (TPSA) is 100 Å². The molecule has 0 bridgehead atoms. The Bertz CT molecular complexity index is 578. The molecule has 0 spiro atoms. The van der Waals surface area contributed by atoms with Gasteiger partial charge in [-0.05, 0) is 45.0 Å². The van der Waals surface area contributed by atoms with Gasteiger partial charge in [0.15, 0.2) is 0 Å². The molecule has 2 rings (SSSR count). The van der Waals surface area contributed by atoms with Crippen LogP contribution in [0.1, 0.15) is 31.4 Å². The quantitative estimate of drug-likeness (QED) is 0.570. The molecular formula is C13H21N3O4S. The maximum absolute atomic E-state index is 11.5. The van der Waals surface area contributed by atoms with Crippen LogP contribution in [0.15, 0.2) is 21.6 Å². The molecule has 1 aliphatic carbocycles. The van der Waals surface area contributed by atoms with Gasteiger partial charge >= 0.3 is 0 Å². The third kappa shape index (κ3) is 5.14. The summed E-state index contributed by atoms with van der Waals surface area (Å²) in [6.45, 7) is 1.11. The van der Waals surface area contributed by atoms with Gasteiger partial charge in [0.1, 0.15) is 5.76 Å². The summed E-state index contributed by atoms with van der Waals surface area (Å²) in [5.74, 6) is 0.644. The number of rotatable bonds is 9. The van der Waals surface area contributed by atoms with Crippen molar-refractivity contribution in [2.24, 2.45) is 0 Å². The van der Waals surface area contributed by atoms with Gasteiger partial charge < -0.3 is 15.1 Å². The minimum Gasteiger partial charge on any atom is -0.447 e. The van der Waals surface area contributed by atoms with Crippen molar-refractivity contribution >= 4 is 15.9 Å². The lowest BCUT2D eigenvalue weighted by Crippen LogP contribution is -2.26. The Morgan fingerprint density at radius 1 is 1.38 bits per heavy atom. The second-order valence-corrected chi connectivity index (χ2v) is 6.87. The zero-order chi connectivity index (χ0) is 15.3. The molecule has 1 aliphatic rings. The molecule has 1 aromatic rings. The Kier molecular flexibility index (Phi) is 5.38. The van der Waals surface area contributed by atoms with Crippen molar-refractivity contribution in [3.63, 3.8) is 0 Å². The zero-order valence-corrected chi connectivity index (χ0v) is 12.8. The fraction of sp³-hybridized carbons (Fsp3) is 0.615. The van der Waals surface area contributed by atoms with Crippen LogP contribution in [-0.4, -0.2) is 34.0 Å². The molecule has 3 N–H and O–H groups in total. The van der Waals surface area contributed by atoms with Gasteiger partial charge in [0, 0.05) is 12.5 Å². The summed E-state index contributed by atoms with van der Waals surface area (Å²) in [6, 6.07) is 3.45. The van der Waals surface area contributed by atoms with Gasteiger partial charge in [-0.1, -0.05) is 0 Å². The van der Waals surface area contributed by atoms with E-state index in [1.54, 1.807) is 6.07 Å². The van der Waals surface area contributed by atoms with Crippen LogP contribution in [0.5, 0.6) is 0 Å². The molecule has 1 fully saturated rings. The SMILES string of the molecule is CNS(=O)(=O)c1ccc(CNCCCC(=O)NC2CC2)o1. The van der Waals surface area contributed by atoms with E-state index >= 15 is 0 Å². The summed E-state index contributed by atoms with van der Waals surface area (Å²) in [5, 5.41) is 5.96. The normalized spacial score (nSPS) is 15.1. The Morgan fingerprint density at radius 2 is 2.14 bits per heavy atom. The number of furan rings is 1. The summed E-state index contributed by atoms with van der Waals surface area (Å²) in [4.78, 5) is 11.4. The number of amides is 1. The van der Waals surface area contributed by atoms with Crippen molar-refractivity contribution in [3.05, 3.63) is 17.9 Å². The fourth-order valence-electron chi connectivity index (χ4n) is 1.81. The molecule has 0 unspecified atom stereocenters. The highest BCUT2D eigenvalue weighted by Crippen LogP contribution is 2.18. The summed E-state index contributed by atoms with van der Waals surface area (Å²) in [7, 11) is -2.19. The molecule has 1 heterocycles. The van der Waals surface area contributed by atoms with E-state index in [0.29, 0.717) is 31.3 Å². The number of nitrogens with one attached hydrogen (secondary N) is 3. The van der Waals surface area contributed by atoms with Gasteiger partial charge in [0.25, 0.3) is 10.0 Å². The molecule has 0 saturated heterocycles. The largest absolute Gasteiger partial charge is 0.447 e. The predicted molar refractivity (Wildman–Crippen MR) is 77.1 cm³/mol. The van der Waals surface area contributed by atoms with Gasteiger partial charge in [0.05, 0.1) is 6.54 Å². The van der Waals surface area contributed by atoms with E-state index in [1.807, 2.05) is 0 Å². The van der Waals surface area contributed by atoms with Gasteiger partial charge in [-0.3, -0.25) is 4.79 Å². The van der Waals surface area contributed by atoms with Crippen LogP contribution < -0.4 is 15.4 Å². The third-order valence-corrected chi connectivity index (χ3v) is 4.46. The highest BCUT2D eigenvalue weighted by molar-refractivity contribution is 7.89. The lowest BCUT2D eigenvalue weighted by Gasteiger charge is -2.04. The van der Waals surface area contributed by atoms with Crippen molar-refractivity contribution < 1.29 is 17.6 Å². The van der Waals surface area contributed by atoms with E-state index in [-0.39, 0.29) is 11.0 Å². The van der Waals surface area contributed by atoms with Crippen LogP contribution in [0.25, 0.3) is 0 Å². The van der Waals surface area contributed by atoms with Crippen LogP contribution in [0, 0.1) is 0 Å². The molecule has 118 valence electrons. The standard InChI is InChI=1S/C13H21N3O4S/c1-14-21(18,19)13-7-6-11(20-13)9-15-8-2-3-12(17)16-10-4-5-10/h6-7,10,14-15H,2-5,8-9H2,1H3,(H,16,17). The van der Waals surface area contributed by atoms with E-state index in [4.69, 9.17) is 4.42 Å². The maximum atomic E-state index is 11.5. The Morgan fingerprint density at radius 3 is 2.81 bits per heavy atom. The van der Waals surface area contributed by atoms with E-state index in [9.17, 15) is 13.2 Å². The monoisotopic (exact) mass is 315 g/mol. The molecule has 0 aromatic carbocycles. The van der Waals surface area contributed by atoms with Crippen LogP contribution in [-0.2, 0) is 21.4 Å². The lowest BCUT2D eigenvalue weighted by atomic mass is 10.3. The average Bonchev–Trinajstić information content (AvgIpc) is 3.12. The minimum atomic E-state index is -3.53. The average molecular weight is 315 g/mol. The Balaban J connectivity index is 1.63. The van der Waals surface area contributed by atoms with Crippen molar-refractivity contribution in [2.75, 3.05) is 13.6 Å². The van der Waals surface area contributed by atoms with Crippen LogP contribution in [0.2, 0.25) is 0 Å². The van der Waals surface area contributed by atoms with E-state index < -0.39 is 10.0 Å². The number of carbonyl (C=O) groups is 1. The molecule has 8 heteroatoms. The van der Waals surface area contributed by atoms with Gasteiger partial charge in [-0.2, -0.15) is 0 Å². The zero-order valence-electron chi connectivity index (χ0n) is 12.0. The number of hydrogen-bond acceptors (Lipinski definition) is 5. The first kappa shape index (κ1) is 16.0. The molecular weight excluding hydrogens is 294 g/mol. The van der Waals surface area contributed by atoms with Crippen LogP contribution in [0.4, 0.5) is 0 Å². The second-order valence-electron chi connectivity index (χ2n) is 5.05. The molecule has 1 saturated carbocycles.